The van der Waals surface area contributed by atoms with Gasteiger partial charge in [0.25, 0.3) is 0 Å². The molecule has 1 aromatic heterocycles. The summed E-state index contributed by atoms with van der Waals surface area (Å²) in [7, 11) is 1.70. The second kappa shape index (κ2) is 7.17. The molecular formula is C19H20FN3O. The summed E-state index contributed by atoms with van der Waals surface area (Å²) >= 11 is 0. The molecule has 2 N–H and O–H groups in total. The highest BCUT2D eigenvalue weighted by Gasteiger charge is 2.10. The Bertz CT molecular complexity index is 870. The zero-order valence-electron chi connectivity index (χ0n) is 13.8. The van der Waals surface area contributed by atoms with Crippen molar-refractivity contribution in [2.45, 2.75) is 20.0 Å². The lowest BCUT2D eigenvalue weighted by Crippen LogP contribution is -2.36. The number of hydrogen-bond donors (Lipinski definition) is 2. The maximum Gasteiger partial charge on any atom is 0.191 e. The SMILES string of the molecule is CN=C(NCc1cccc(F)c1)NCc1oc2ccccc2c1C. The number of aryl methyl sites for hydroxylation is 1. The van der Waals surface area contributed by atoms with Gasteiger partial charge in [0.05, 0.1) is 6.54 Å². The van der Waals surface area contributed by atoms with Gasteiger partial charge in [-0.3, -0.25) is 4.99 Å². The minimum Gasteiger partial charge on any atom is -0.459 e. The molecule has 0 aliphatic rings. The van der Waals surface area contributed by atoms with Crippen molar-refractivity contribution < 1.29 is 8.81 Å². The molecule has 0 aliphatic heterocycles. The van der Waals surface area contributed by atoms with Crippen LogP contribution in [0.1, 0.15) is 16.9 Å². The van der Waals surface area contributed by atoms with Gasteiger partial charge in [0.1, 0.15) is 17.2 Å². The number of nitrogens with zero attached hydrogens (tertiary/aromatic N) is 1. The largest absolute Gasteiger partial charge is 0.459 e. The molecule has 0 amide bonds. The number of hydrogen-bond acceptors (Lipinski definition) is 2. The lowest BCUT2D eigenvalue weighted by Gasteiger charge is -2.11. The van der Waals surface area contributed by atoms with Crippen LogP contribution in [-0.4, -0.2) is 13.0 Å². The van der Waals surface area contributed by atoms with E-state index >= 15 is 0 Å². The van der Waals surface area contributed by atoms with Gasteiger partial charge in [-0.15, -0.1) is 0 Å². The number of furan rings is 1. The Hall–Kier alpha value is -2.82. The fraction of sp³-hybridized carbons (Fsp3) is 0.211. The van der Waals surface area contributed by atoms with E-state index in [9.17, 15) is 4.39 Å². The molecule has 0 saturated heterocycles. The lowest BCUT2D eigenvalue weighted by molar-refractivity contribution is 0.534. The average Bonchev–Trinajstić information content (AvgIpc) is 2.92. The third kappa shape index (κ3) is 3.56. The molecule has 0 saturated carbocycles. The van der Waals surface area contributed by atoms with Crippen molar-refractivity contribution in [3.05, 3.63) is 71.2 Å². The van der Waals surface area contributed by atoms with Crippen LogP contribution in [0.4, 0.5) is 4.39 Å². The van der Waals surface area contributed by atoms with Gasteiger partial charge in [-0.05, 0) is 30.7 Å². The van der Waals surface area contributed by atoms with Gasteiger partial charge in [-0.2, -0.15) is 0 Å². The van der Waals surface area contributed by atoms with E-state index in [1.165, 1.54) is 12.1 Å². The van der Waals surface area contributed by atoms with Gasteiger partial charge in [0, 0.05) is 24.5 Å². The van der Waals surface area contributed by atoms with Crippen LogP contribution in [0.25, 0.3) is 11.0 Å². The summed E-state index contributed by atoms with van der Waals surface area (Å²) < 4.78 is 19.1. The van der Waals surface area contributed by atoms with Crippen molar-refractivity contribution >= 4 is 16.9 Å². The highest BCUT2D eigenvalue weighted by Crippen LogP contribution is 2.24. The summed E-state index contributed by atoms with van der Waals surface area (Å²) in [4.78, 5) is 4.18. The van der Waals surface area contributed by atoms with E-state index in [2.05, 4.69) is 21.7 Å². The number of guanidine groups is 1. The Labute approximate surface area is 140 Å². The van der Waals surface area contributed by atoms with E-state index in [4.69, 9.17) is 4.42 Å². The van der Waals surface area contributed by atoms with Gasteiger partial charge in [0.2, 0.25) is 0 Å². The summed E-state index contributed by atoms with van der Waals surface area (Å²) in [6, 6.07) is 14.5. The van der Waals surface area contributed by atoms with Crippen molar-refractivity contribution in [3.8, 4) is 0 Å². The highest BCUT2D eigenvalue weighted by molar-refractivity contribution is 5.82. The van der Waals surface area contributed by atoms with Gasteiger partial charge >= 0.3 is 0 Å². The second-order valence-corrected chi connectivity index (χ2v) is 5.56. The molecule has 3 aromatic rings. The van der Waals surface area contributed by atoms with Gasteiger partial charge < -0.3 is 15.1 Å². The molecular weight excluding hydrogens is 305 g/mol. The van der Waals surface area contributed by atoms with Crippen molar-refractivity contribution in [1.82, 2.24) is 10.6 Å². The van der Waals surface area contributed by atoms with E-state index in [1.54, 1.807) is 13.1 Å². The molecule has 0 fully saturated rings. The third-order valence-electron chi connectivity index (χ3n) is 3.93. The number of rotatable bonds is 4. The molecule has 0 atom stereocenters. The monoisotopic (exact) mass is 325 g/mol. The zero-order chi connectivity index (χ0) is 16.9. The number of fused-ring (bicyclic) bond motifs is 1. The van der Waals surface area contributed by atoms with Crippen molar-refractivity contribution in [2.24, 2.45) is 4.99 Å². The van der Waals surface area contributed by atoms with E-state index in [-0.39, 0.29) is 5.82 Å². The van der Waals surface area contributed by atoms with Crippen molar-refractivity contribution in [1.29, 1.82) is 0 Å². The van der Waals surface area contributed by atoms with E-state index in [1.807, 2.05) is 31.2 Å². The Morgan fingerprint density at radius 3 is 2.62 bits per heavy atom. The van der Waals surface area contributed by atoms with Crippen molar-refractivity contribution in [2.75, 3.05) is 7.05 Å². The van der Waals surface area contributed by atoms with Gasteiger partial charge in [-0.1, -0.05) is 30.3 Å². The first-order valence-corrected chi connectivity index (χ1v) is 7.83. The summed E-state index contributed by atoms with van der Waals surface area (Å²) in [5.41, 5.74) is 2.87. The average molecular weight is 325 g/mol. The minimum absolute atomic E-state index is 0.241. The fourth-order valence-electron chi connectivity index (χ4n) is 2.61. The predicted molar refractivity (Wildman–Crippen MR) is 94.4 cm³/mol. The Morgan fingerprint density at radius 2 is 1.88 bits per heavy atom. The van der Waals surface area contributed by atoms with E-state index in [0.717, 1.165) is 27.9 Å². The van der Waals surface area contributed by atoms with Crippen molar-refractivity contribution in [3.63, 3.8) is 0 Å². The maximum atomic E-state index is 13.2. The van der Waals surface area contributed by atoms with Crippen LogP contribution in [0.15, 0.2) is 57.9 Å². The van der Waals surface area contributed by atoms with E-state index in [0.29, 0.717) is 19.0 Å². The zero-order valence-corrected chi connectivity index (χ0v) is 13.8. The van der Waals surface area contributed by atoms with Crippen LogP contribution >= 0.6 is 0 Å². The summed E-state index contributed by atoms with van der Waals surface area (Å²) in [5, 5.41) is 7.51. The van der Waals surface area contributed by atoms with Crippen LogP contribution in [0.5, 0.6) is 0 Å². The molecule has 0 bridgehead atoms. The number of para-hydroxylation sites is 1. The molecule has 0 radical (unpaired) electrons. The number of nitrogens with one attached hydrogen (secondary N) is 2. The summed E-state index contributed by atoms with van der Waals surface area (Å²) in [6.07, 6.45) is 0. The lowest BCUT2D eigenvalue weighted by atomic mass is 10.1. The second-order valence-electron chi connectivity index (χ2n) is 5.56. The summed E-state index contributed by atoms with van der Waals surface area (Å²) in [6.45, 7) is 3.08. The normalized spacial score (nSPS) is 11.7. The quantitative estimate of drug-likeness (QED) is 0.567. The van der Waals surface area contributed by atoms with Crippen LogP contribution in [0.3, 0.4) is 0 Å². The van der Waals surface area contributed by atoms with Crippen LogP contribution in [0, 0.1) is 12.7 Å². The molecule has 4 nitrogen and oxygen atoms in total. The molecule has 1 heterocycles. The van der Waals surface area contributed by atoms with Crippen LogP contribution < -0.4 is 10.6 Å². The molecule has 3 rings (SSSR count). The first-order valence-electron chi connectivity index (χ1n) is 7.83. The molecule has 0 aliphatic carbocycles. The number of benzene rings is 2. The minimum atomic E-state index is -0.241. The summed E-state index contributed by atoms with van der Waals surface area (Å²) in [5.74, 6) is 1.28. The number of halogens is 1. The van der Waals surface area contributed by atoms with Gasteiger partial charge in [-0.25, -0.2) is 4.39 Å². The molecule has 2 aromatic carbocycles. The standard InChI is InChI=1S/C19H20FN3O/c1-13-16-8-3-4-9-17(16)24-18(13)12-23-19(21-2)22-11-14-6-5-7-15(20)10-14/h3-10H,11-12H2,1-2H3,(H2,21,22,23). The van der Waals surface area contributed by atoms with Gasteiger partial charge in [0.15, 0.2) is 5.96 Å². The first-order chi connectivity index (χ1) is 11.7. The smallest absolute Gasteiger partial charge is 0.191 e. The highest BCUT2D eigenvalue weighted by atomic mass is 19.1. The van der Waals surface area contributed by atoms with E-state index < -0.39 is 0 Å². The molecule has 124 valence electrons. The van der Waals surface area contributed by atoms with Crippen LogP contribution in [-0.2, 0) is 13.1 Å². The maximum absolute atomic E-state index is 13.2. The topological polar surface area (TPSA) is 49.6 Å². The Morgan fingerprint density at radius 1 is 1.08 bits per heavy atom. The molecule has 0 unspecified atom stereocenters. The fourth-order valence-corrected chi connectivity index (χ4v) is 2.61. The molecule has 24 heavy (non-hydrogen) atoms. The predicted octanol–water partition coefficient (Wildman–Crippen LogP) is 3.75. The van der Waals surface area contributed by atoms with Crippen LogP contribution in [0.2, 0.25) is 0 Å². The Balaban J connectivity index is 1.62. The molecule has 0 spiro atoms. The number of aliphatic imine (C=N–C) groups is 1. The molecule has 5 heteroatoms. The Kier molecular flexibility index (Phi) is 4.79. The third-order valence-corrected chi connectivity index (χ3v) is 3.93. The first kappa shape index (κ1) is 16.1.